The number of carboxylic acids is 1. The molecule has 1 aromatic rings. The molecule has 3 heterocycles. The number of aromatic carboxylic acids is 1. The molecule has 1 aromatic heterocycles. The first-order chi connectivity index (χ1) is 11.5. The number of carbonyl (C=O) groups excluding carboxylic acids is 1. The van der Waals surface area contributed by atoms with E-state index in [1.54, 1.807) is 5.01 Å². The number of rotatable bonds is 5. The van der Waals surface area contributed by atoms with E-state index in [9.17, 15) is 19.5 Å². The van der Waals surface area contributed by atoms with Crippen LogP contribution in [0.25, 0.3) is 0 Å². The topological polar surface area (TPSA) is 92.1 Å². The first kappa shape index (κ1) is 16.5. The minimum absolute atomic E-state index is 0.140. The summed E-state index contributed by atoms with van der Waals surface area (Å²) in [5.41, 5.74) is -0.952. The van der Waals surface area contributed by atoms with Crippen molar-refractivity contribution in [1.82, 2.24) is 14.6 Å². The highest BCUT2D eigenvalue weighted by molar-refractivity contribution is 5.97. The fraction of sp³-hybridized carbons (Fsp3) is 0.562. The molecular weight excluding hydrogens is 314 g/mol. The summed E-state index contributed by atoms with van der Waals surface area (Å²) in [6.45, 7) is 3.93. The van der Waals surface area contributed by atoms with Crippen LogP contribution in [0, 0.1) is 0 Å². The maximum absolute atomic E-state index is 12.8. The Hall–Kier alpha value is -2.35. The molecule has 8 nitrogen and oxygen atoms in total. The van der Waals surface area contributed by atoms with Gasteiger partial charge in [0.1, 0.15) is 5.56 Å². The molecule has 1 amide bonds. The smallest absolute Gasteiger partial charge is 0.341 e. The number of aromatic nitrogens is 1. The Bertz CT molecular complexity index is 727. The summed E-state index contributed by atoms with van der Waals surface area (Å²) >= 11 is 0. The molecule has 0 bridgehead atoms. The molecule has 0 aromatic carbocycles. The number of nitrogens with zero attached hydrogens (tertiary/aromatic N) is 3. The fourth-order valence-electron chi connectivity index (χ4n) is 3.07. The number of fused-ring (bicyclic) bond motifs is 2. The highest BCUT2D eigenvalue weighted by atomic mass is 16.5. The van der Waals surface area contributed by atoms with Crippen molar-refractivity contribution in [2.75, 3.05) is 19.7 Å². The Labute approximate surface area is 139 Å². The minimum atomic E-state index is -1.32. The summed E-state index contributed by atoms with van der Waals surface area (Å²) in [7, 11) is 0. The summed E-state index contributed by atoms with van der Waals surface area (Å²) in [4.78, 5) is 36.7. The van der Waals surface area contributed by atoms with Gasteiger partial charge in [0, 0.05) is 19.3 Å². The molecule has 130 valence electrons. The van der Waals surface area contributed by atoms with Gasteiger partial charge in [0.05, 0.1) is 13.3 Å². The minimum Gasteiger partial charge on any atom is -0.487 e. The number of hydrogen-bond donors (Lipinski definition) is 1. The molecular formula is C16H21N3O5. The monoisotopic (exact) mass is 335 g/mol. The Morgan fingerprint density at radius 1 is 1.29 bits per heavy atom. The molecule has 0 radical (unpaired) electrons. The third kappa shape index (κ3) is 2.77. The van der Waals surface area contributed by atoms with Crippen LogP contribution < -0.4 is 10.2 Å². The van der Waals surface area contributed by atoms with Crippen molar-refractivity contribution in [2.24, 2.45) is 0 Å². The highest BCUT2D eigenvalue weighted by Gasteiger charge is 2.36. The van der Waals surface area contributed by atoms with Crippen molar-refractivity contribution in [2.45, 2.75) is 39.3 Å². The van der Waals surface area contributed by atoms with E-state index in [1.165, 1.54) is 10.8 Å². The third-order valence-electron chi connectivity index (χ3n) is 4.34. The number of carbonyl (C=O) groups is 2. The molecule has 8 heteroatoms. The summed E-state index contributed by atoms with van der Waals surface area (Å²) < 4.78 is 7.08. The van der Waals surface area contributed by atoms with Gasteiger partial charge < -0.3 is 14.4 Å². The number of hydrogen-bond acceptors (Lipinski definition) is 5. The molecule has 24 heavy (non-hydrogen) atoms. The quantitative estimate of drug-likeness (QED) is 0.812. The largest absolute Gasteiger partial charge is 0.487 e. The molecule has 0 atom stereocenters. The number of unbranched alkanes of at least 4 members (excludes halogenated alkanes) is 1. The van der Waals surface area contributed by atoms with Gasteiger partial charge in [-0.1, -0.05) is 13.3 Å². The van der Waals surface area contributed by atoms with E-state index >= 15 is 0 Å². The molecule has 1 fully saturated rings. The van der Waals surface area contributed by atoms with Crippen LogP contribution >= 0.6 is 0 Å². The van der Waals surface area contributed by atoms with Gasteiger partial charge in [-0.2, -0.15) is 5.01 Å². The fourth-order valence-corrected chi connectivity index (χ4v) is 3.07. The van der Waals surface area contributed by atoms with Gasteiger partial charge in [-0.3, -0.25) is 14.6 Å². The van der Waals surface area contributed by atoms with Gasteiger partial charge in [0.25, 0.3) is 5.91 Å². The zero-order valence-electron chi connectivity index (χ0n) is 13.7. The summed E-state index contributed by atoms with van der Waals surface area (Å²) in [6.07, 6.45) is 4.73. The average molecular weight is 335 g/mol. The van der Waals surface area contributed by atoms with Crippen LogP contribution in [-0.4, -0.2) is 51.3 Å². The Morgan fingerprint density at radius 2 is 2.04 bits per heavy atom. The number of ether oxygens (including phenoxy) is 1. The SMILES string of the molecule is CCCCOc1c2n(cc(C(=O)O)c1=O)CN1CCCCN1C2=O. The summed E-state index contributed by atoms with van der Waals surface area (Å²) in [6, 6.07) is 0. The molecule has 2 aliphatic heterocycles. The number of amides is 1. The lowest BCUT2D eigenvalue weighted by Gasteiger charge is -2.43. The van der Waals surface area contributed by atoms with Crippen molar-refractivity contribution >= 4 is 11.9 Å². The molecule has 0 aliphatic carbocycles. The van der Waals surface area contributed by atoms with Crippen molar-refractivity contribution in [3.63, 3.8) is 0 Å². The van der Waals surface area contributed by atoms with Crippen LogP contribution in [0.3, 0.4) is 0 Å². The van der Waals surface area contributed by atoms with Crippen LogP contribution in [0.2, 0.25) is 0 Å². The van der Waals surface area contributed by atoms with E-state index in [4.69, 9.17) is 4.74 Å². The number of pyridine rings is 1. The second-order valence-electron chi connectivity index (χ2n) is 6.03. The first-order valence-electron chi connectivity index (χ1n) is 8.24. The van der Waals surface area contributed by atoms with E-state index in [0.29, 0.717) is 13.2 Å². The standard InChI is InChI=1S/C16H21N3O5/c1-2-3-8-24-14-12-15(21)19-7-5-4-6-18(19)10-17(12)9-11(13(14)20)16(22)23/h9H,2-8,10H2,1H3,(H,22,23). The van der Waals surface area contributed by atoms with Gasteiger partial charge in [-0.15, -0.1) is 0 Å². The molecule has 3 rings (SSSR count). The lowest BCUT2D eigenvalue weighted by molar-refractivity contribution is -0.0623. The van der Waals surface area contributed by atoms with E-state index in [-0.39, 0.29) is 29.5 Å². The maximum atomic E-state index is 12.8. The lowest BCUT2D eigenvalue weighted by atomic mass is 10.1. The van der Waals surface area contributed by atoms with Gasteiger partial charge in [-0.25, -0.2) is 4.79 Å². The average Bonchev–Trinajstić information content (AvgIpc) is 2.57. The third-order valence-corrected chi connectivity index (χ3v) is 4.34. The zero-order valence-corrected chi connectivity index (χ0v) is 13.7. The maximum Gasteiger partial charge on any atom is 0.341 e. The van der Waals surface area contributed by atoms with Crippen LogP contribution in [0.4, 0.5) is 0 Å². The normalized spacial score (nSPS) is 17.4. The summed E-state index contributed by atoms with van der Waals surface area (Å²) in [5.74, 6) is -1.76. The predicted octanol–water partition coefficient (Wildman–Crippen LogP) is 1.15. The Morgan fingerprint density at radius 3 is 2.75 bits per heavy atom. The van der Waals surface area contributed by atoms with Crippen molar-refractivity contribution < 1.29 is 19.4 Å². The number of hydrazine groups is 1. The van der Waals surface area contributed by atoms with E-state index in [1.807, 2.05) is 11.9 Å². The van der Waals surface area contributed by atoms with E-state index in [2.05, 4.69) is 0 Å². The summed E-state index contributed by atoms with van der Waals surface area (Å²) in [5, 5.41) is 12.8. The van der Waals surface area contributed by atoms with Gasteiger partial charge in [0.2, 0.25) is 5.43 Å². The molecule has 1 saturated heterocycles. The van der Waals surface area contributed by atoms with Gasteiger partial charge in [0.15, 0.2) is 11.4 Å². The van der Waals surface area contributed by atoms with Crippen LogP contribution in [-0.2, 0) is 6.67 Å². The zero-order chi connectivity index (χ0) is 17.3. The van der Waals surface area contributed by atoms with Gasteiger partial charge in [-0.05, 0) is 19.3 Å². The molecule has 2 aliphatic rings. The van der Waals surface area contributed by atoms with Crippen molar-refractivity contribution in [3.8, 4) is 5.75 Å². The highest BCUT2D eigenvalue weighted by Crippen LogP contribution is 2.26. The molecule has 0 unspecified atom stereocenters. The van der Waals surface area contributed by atoms with Crippen molar-refractivity contribution in [1.29, 1.82) is 0 Å². The van der Waals surface area contributed by atoms with Crippen LogP contribution in [0.5, 0.6) is 5.75 Å². The van der Waals surface area contributed by atoms with Crippen LogP contribution in [0.1, 0.15) is 53.5 Å². The van der Waals surface area contributed by atoms with E-state index < -0.39 is 11.4 Å². The molecule has 0 saturated carbocycles. The Balaban J connectivity index is 2.10. The molecule has 1 N–H and O–H groups in total. The second kappa shape index (κ2) is 6.64. The van der Waals surface area contributed by atoms with E-state index in [0.717, 1.165) is 32.2 Å². The Kier molecular flexibility index (Phi) is 4.57. The van der Waals surface area contributed by atoms with Crippen molar-refractivity contribution in [3.05, 3.63) is 27.7 Å². The second-order valence-corrected chi connectivity index (χ2v) is 6.03. The molecule has 0 spiro atoms. The van der Waals surface area contributed by atoms with Crippen LogP contribution in [0.15, 0.2) is 11.0 Å². The lowest BCUT2D eigenvalue weighted by Crippen LogP contribution is -2.55. The number of carboxylic acid groups (broad SMARTS) is 1. The van der Waals surface area contributed by atoms with Gasteiger partial charge >= 0.3 is 5.97 Å². The first-order valence-corrected chi connectivity index (χ1v) is 8.24. The predicted molar refractivity (Wildman–Crippen MR) is 85.0 cm³/mol.